The lowest BCUT2D eigenvalue weighted by Crippen LogP contribution is -2.61. The Labute approximate surface area is 291 Å². The number of carbonyl (C=O) groups excluding carboxylic acids is 1. The molecule has 0 radical (unpaired) electrons. The second-order valence-corrected chi connectivity index (χ2v) is 16.3. The van der Waals surface area contributed by atoms with Crippen molar-refractivity contribution in [1.82, 2.24) is 5.32 Å². The van der Waals surface area contributed by atoms with E-state index >= 15 is 0 Å². The number of carbonyl (C=O) groups is 1. The van der Waals surface area contributed by atoms with E-state index in [1.165, 1.54) is 0 Å². The third-order valence-electron chi connectivity index (χ3n) is 12.7. The summed E-state index contributed by atoms with van der Waals surface area (Å²) in [6.07, 6.45) is -6.27. The first-order valence-electron chi connectivity index (χ1n) is 18.3. The van der Waals surface area contributed by atoms with Crippen LogP contribution >= 0.6 is 0 Å². The summed E-state index contributed by atoms with van der Waals surface area (Å²) in [6, 6.07) is -0.269. The summed E-state index contributed by atoms with van der Waals surface area (Å²) in [5, 5.41) is 37.3. The van der Waals surface area contributed by atoms with Crippen LogP contribution < -0.4 is 5.32 Å². The van der Waals surface area contributed by atoms with Crippen LogP contribution in [0.5, 0.6) is 0 Å². The molecule has 0 aliphatic carbocycles. The first-order valence-corrected chi connectivity index (χ1v) is 18.3. The fraction of sp³-hybridized carbons (Fsp3) is 0.972. The normalized spacial score (nSPS) is 55.4. The molecule has 0 aromatic rings. The molecule has 284 valence electrons. The molecule has 0 amide bonds. The van der Waals surface area contributed by atoms with Crippen LogP contribution in [0.25, 0.3) is 0 Å². The Morgan fingerprint density at radius 2 is 1.61 bits per heavy atom. The summed E-state index contributed by atoms with van der Waals surface area (Å²) in [5.41, 5.74) is -3.25. The maximum atomic E-state index is 14.2. The molecule has 13 heteroatoms. The maximum Gasteiger partial charge on any atom is 0.311 e. The number of likely N-dealkylation sites (N-methyl/N-ethyl adjacent to an activating group) is 1. The van der Waals surface area contributed by atoms with E-state index in [0.717, 1.165) is 0 Å². The molecule has 3 bridgehead atoms. The number of methoxy groups -OCH3 is 1. The van der Waals surface area contributed by atoms with Crippen molar-refractivity contribution in [1.29, 1.82) is 0 Å². The van der Waals surface area contributed by atoms with Gasteiger partial charge in [-0.25, -0.2) is 0 Å². The van der Waals surface area contributed by atoms with Gasteiger partial charge in [0.2, 0.25) is 0 Å². The minimum absolute atomic E-state index is 0.194. The SMILES string of the molecule is CC[C@H]1OC(=O)[C@H](C)[C@@H](O[C@H]2C[C@@](C)(OC)[C@@H](O)[C@H](C)O2)[C@H](C)[C@@H](O[C@@H]2O[C@H](C)C[C@H](NC)[C@H]2O)[C@@]2(C)CC(C)C3(O[C@@]1(C)[C@H](O)[C@H]3C)O2. The molecular formula is C36H63NO12. The van der Waals surface area contributed by atoms with Crippen molar-refractivity contribution in [2.75, 3.05) is 14.2 Å². The van der Waals surface area contributed by atoms with E-state index in [9.17, 15) is 20.1 Å². The second kappa shape index (κ2) is 14.1. The van der Waals surface area contributed by atoms with Crippen LogP contribution in [-0.2, 0) is 42.7 Å². The lowest BCUT2D eigenvalue weighted by molar-refractivity contribution is -0.343. The summed E-state index contributed by atoms with van der Waals surface area (Å²) in [5.74, 6) is -3.80. The molecule has 13 nitrogen and oxygen atoms in total. The van der Waals surface area contributed by atoms with Crippen molar-refractivity contribution in [3.8, 4) is 0 Å². The molecule has 0 aromatic carbocycles. The minimum Gasteiger partial charge on any atom is -0.459 e. The molecule has 5 aliphatic rings. The van der Waals surface area contributed by atoms with Gasteiger partial charge < -0.3 is 58.5 Å². The molecule has 0 saturated carbocycles. The standard InChI is InChI=1S/C36H63NO12/c1-13-24-35(10)28(39)21(6)36(49-35)17(2)15-34(9,48-36)30(47-32-26(38)23(37-11)14-18(3)43-32)19(4)27(20(5)31(41)45-24)46-25-16-33(8,42-12)29(40)22(7)44-25/h17-30,32,37-40H,13-16H2,1-12H3/t17?,18-,19+,20-,21-,22+,23+,24-,25+,26-,27+,28-,29+,30-,32+,33-,34-,35-,36?/m1/s1. The Balaban J connectivity index is 1.61. The molecule has 5 heterocycles. The Hall–Kier alpha value is -0.970. The monoisotopic (exact) mass is 701 g/mol. The van der Waals surface area contributed by atoms with Crippen LogP contribution in [0, 0.1) is 23.7 Å². The molecule has 19 atom stereocenters. The number of cyclic esters (lactones) is 1. The molecule has 5 rings (SSSR count). The van der Waals surface area contributed by atoms with Crippen LogP contribution in [0.4, 0.5) is 0 Å². The predicted molar refractivity (Wildman–Crippen MR) is 177 cm³/mol. The van der Waals surface area contributed by atoms with Gasteiger partial charge in [-0.2, -0.15) is 0 Å². The summed E-state index contributed by atoms with van der Waals surface area (Å²) in [4.78, 5) is 14.2. The largest absolute Gasteiger partial charge is 0.459 e. The fourth-order valence-electron chi connectivity index (χ4n) is 9.61. The number of aliphatic hydroxyl groups excluding tert-OH is 3. The van der Waals surface area contributed by atoms with Gasteiger partial charge in [-0.3, -0.25) is 4.79 Å². The molecule has 5 aliphatic heterocycles. The highest BCUT2D eigenvalue weighted by molar-refractivity contribution is 5.73. The van der Waals surface area contributed by atoms with Gasteiger partial charge in [0.15, 0.2) is 18.4 Å². The molecular weight excluding hydrogens is 638 g/mol. The summed E-state index contributed by atoms with van der Waals surface area (Å²) in [7, 11) is 3.34. The van der Waals surface area contributed by atoms with E-state index in [4.69, 9.17) is 37.9 Å². The quantitative estimate of drug-likeness (QED) is 0.287. The fourth-order valence-corrected chi connectivity index (χ4v) is 9.61. The summed E-state index contributed by atoms with van der Waals surface area (Å²) in [6.45, 7) is 18.8. The van der Waals surface area contributed by atoms with Gasteiger partial charge in [0.1, 0.15) is 23.9 Å². The molecule has 5 saturated heterocycles. The number of rotatable bonds is 7. The minimum atomic E-state index is -1.25. The van der Waals surface area contributed by atoms with Gasteiger partial charge in [-0.1, -0.05) is 27.7 Å². The van der Waals surface area contributed by atoms with Crippen molar-refractivity contribution in [3.63, 3.8) is 0 Å². The third-order valence-corrected chi connectivity index (χ3v) is 12.7. The lowest BCUT2D eigenvalue weighted by Gasteiger charge is -2.49. The van der Waals surface area contributed by atoms with Crippen LogP contribution in [-0.4, -0.2) is 125 Å². The number of ether oxygens (including phenoxy) is 8. The van der Waals surface area contributed by atoms with Crippen molar-refractivity contribution in [2.24, 2.45) is 23.7 Å². The number of hydrogen-bond acceptors (Lipinski definition) is 13. The Morgan fingerprint density at radius 1 is 0.939 bits per heavy atom. The molecule has 4 N–H and O–H groups in total. The van der Waals surface area contributed by atoms with Crippen molar-refractivity contribution < 1.29 is 58.0 Å². The predicted octanol–water partition coefficient (Wildman–Crippen LogP) is 2.65. The zero-order valence-electron chi connectivity index (χ0n) is 31.5. The van der Waals surface area contributed by atoms with Gasteiger partial charge in [0.05, 0.1) is 47.6 Å². The van der Waals surface area contributed by atoms with E-state index in [2.05, 4.69) is 5.32 Å². The van der Waals surface area contributed by atoms with Gasteiger partial charge in [0, 0.05) is 37.3 Å². The number of aliphatic hydroxyl groups is 3. The van der Waals surface area contributed by atoms with Crippen LogP contribution in [0.2, 0.25) is 0 Å². The summed E-state index contributed by atoms with van der Waals surface area (Å²) < 4.78 is 52.1. The molecule has 49 heavy (non-hydrogen) atoms. The van der Waals surface area contributed by atoms with Gasteiger partial charge in [0.25, 0.3) is 0 Å². The van der Waals surface area contributed by atoms with Gasteiger partial charge >= 0.3 is 5.97 Å². The molecule has 0 aromatic heterocycles. The van der Waals surface area contributed by atoms with Crippen molar-refractivity contribution >= 4 is 5.97 Å². The van der Waals surface area contributed by atoms with Crippen molar-refractivity contribution in [3.05, 3.63) is 0 Å². The maximum absolute atomic E-state index is 14.2. The molecule has 2 unspecified atom stereocenters. The zero-order chi connectivity index (χ0) is 36.4. The molecule has 5 fully saturated rings. The van der Waals surface area contributed by atoms with E-state index in [1.807, 2.05) is 48.5 Å². The Morgan fingerprint density at radius 3 is 2.22 bits per heavy atom. The highest BCUT2D eigenvalue weighted by Gasteiger charge is 2.71. The average molecular weight is 702 g/mol. The topological polar surface area (TPSA) is 164 Å². The van der Waals surface area contributed by atoms with Gasteiger partial charge in [-0.05, 0) is 67.9 Å². The van der Waals surface area contributed by atoms with E-state index in [0.29, 0.717) is 19.3 Å². The van der Waals surface area contributed by atoms with Crippen molar-refractivity contribution in [2.45, 2.75) is 185 Å². The van der Waals surface area contributed by atoms with Crippen LogP contribution in [0.1, 0.15) is 94.9 Å². The zero-order valence-corrected chi connectivity index (χ0v) is 31.5. The first-order chi connectivity index (χ1) is 22.8. The highest BCUT2D eigenvalue weighted by atomic mass is 16.8. The Bertz CT molecular complexity index is 1180. The first kappa shape index (κ1) is 39.2. The van der Waals surface area contributed by atoms with Crippen LogP contribution in [0.15, 0.2) is 0 Å². The third kappa shape index (κ3) is 6.62. The smallest absolute Gasteiger partial charge is 0.311 e. The lowest BCUT2D eigenvalue weighted by atomic mass is 9.77. The summed E-state index contributed by atoms with van der Waals surface area (Å²) >= 11 is 0. The Kier molecular flexibility index (Phi) is 11.3. The number of fused-ring (bicyclic) bond motifs is 2. The van der Waals surface area contributed by atoms with E-state index in [1.54, 1.807) is 34.9 Å². The molecule has 1 spiro atoms. The second-order valence-electron chi connectivity index (χ2n) is 16.3. The average Bonchev–Trinajstić information content (AvgIpc) is 3.42. The van der Waals surface area contributed by atoms with Crippen LogP contribution in [0.3, 0.4) is 0 Å². The number of esters is 1. The van der Waals surface area contributed by atoms with E-state index in [-0.39, 0.29) is 24.5 Å². The number of hydrogen-bond donors (Lipinski definition) is 4. The van der Waals surface area contributed by atoms with Gasteiger partial charge in [-0.15, -0.1) is 0 Å². The number of nitrogens with one attached hydrogen (secondary N) is 1. The highest BCUT2D eigenvalue weighted by Crippen LogP contribution is 2.59. The van der Waals surface area contributed by atoms with E-state index < -0.39 is 102 Å².